The number of rotatable bonds is 1. The fourth-order valence-electron chi connectivity index (χ4n) is 3.96. The average molecular weight is 252 g/mol. The molecule has 102 valence electrons. The second-order valence-electron chi connectivity index (χ2n) is 6.32. The Morgan fingerprint density at radius 1 is 1.33 bits per heavy atom. The molecule has 4 atom stereocenters. The van der Waals surface area contributed by atoms with Crippen molar-refractivity contribution in [3.63, 3.8) is 0 Å². The molecule has 2 saturated carbocycles. The number of ether oxygens (including phenoxy) is 1. The maximum absolute atomic E-state index is 12.9. The summed E-state index contributed by atoms with van der Waals surface area (Å²) in [6, 6.07) is 0.351. The van der Waals surface area contributed by atoms with Gasteiger partial charge in [-0.25, -0.2) is 0 Å². The molecule has 2 aliphatic carbocycles. The molecule has 4 nitrogen and oxygen atoms in total. The summed E-state index contributed by atoms with van der Waals surface area (Å²) >= 11 is 0. The van der Waals surface area contributed by atoms with E-state index in [9.17, 15) is 4.79 Å². The van der Waals surface area contributed by atoms with Crippen LogP contribution in [0.5, 0.6) is 0 Å². The molecule has 18 heavy (non-hydrogen) atoms. The van der Waals surface area contributed by atoms with Crippen LogP contribution in [0.2, 0.25) is 0 Å². The molecule has 0 spiro atoms. The molecular formula is C14H24N2O2. The van der Waals surface area contributed by atoms with E-state index in [-0.39, 0.29) is 23.5 Å². The molecule has 1 heterocycles. The minimum Gasteiger partial charge on any atom is -0.374 e. The Labute approximate surface area is 109 Å². The lowest BCUT2D eigenvalue weighted by atomic mass is 9.83. The predicted octanol–water partition coefficient (Wildman–Crippen LogP) is 1.28. The van der Waals surface area contributed by atoms with Gasteiger partial charge in [-0.3, -0.25) is 4.79 Å². The Morgan fingerprint density at radius 3 is 2.89 bits per heavy atom. The van der Waals surface area contributed by atoms with E-state index in [4.69, 9.17) is 10.5 Å². The highest BCUT2D eigenvalue weighted by Crippen LogP contribution is 2.41. The van der Waals surface area contributed by atoms with Gasteiger partial charge >= 0.3 is 0 Å². The van der Waals surface area contributed by atoms with Crippen LogP contribution >= 0.6 is 0 Å². The molecule has 4 unspecified atom stereocenters. The first-order valence-corrected chi connectivity index (χ1v) is 7.31. The van der Waals surface area contributed by atoms with E-state index in [1.807, 2.05) is 0 Å². The van der Waals surface area contributed by atoms with Gasteiger partial charge in [0.15, 0.2) is 0 Å². The lowest BCUT2D eigenvalue weighted by Gasteiger charge is -2.42. The van der Waals surface area contributed by atoms with Crippen molar-refractivity contribution in [2.45, 2.75) is 63.6 Å². The Morgan fingerprint density at radius 2 is 2.17 bits per heavy atom. The summed E-state index contributed by atoms with van der Waals surface area (Å²) in [5.41, 5.74) is 5.85. The number of carbonyl (C=O) groups excluding carboxylic acids is 1. The van der Waals surface area contributed by atoms with Crippen LogP contribution in [0.25, 0.3) is 0 Å². The number of carbonyl (C=O) groups is 1. The van der Waals surface area contributed by atoms with Gasteiger partial charge in [0.2, 0.25) is 5.91 Å². The second-order valence-corrected chi connectivity index (χ2v) is 6.32. The van der Waals surface area contributed by atoms with E-state index in [1.54, 1.807) is 0 Å². The average Bonchev–Trinajstić information content (AvgIpc) is 2.96. The summed E-state index contributed by atoms with van der Waals surface area (Å²) < 4.78 is 5.78. The van der Waals surface area contributed by atoms with Crippen molar-refractivity contribution >= 4 is 5.91 Å². The second kappa shape index (κ2) is 4.49. The zero-order chi connectivity index (χ0) is 12.8. The molecule has 1 amide bonds. The fraction of sp³-hybridized carbons (Fsp3) is 0.929. The summed E-state index contributed by atoms with van der Waals surface area (Å²) in [6.45, 7) is 3.51. The molecule has 3 fully saturated rings. The molecule has 4 heteroatoms. The summed E-state index contributed by atoms with van der Waals surface area (Å²) in [4.78, 5) is 15.0. The van der Waals surface area contributed by atoms with Crippen LogP contribution in [-0.2, 0) is 9.53 Å². The number of hydrogen-bond acceptors (Lipinski definition) is 3. The Kier molecular flexibility index (Phi) is 3.10. The molecule has 0 aromatic carbocycles. The van der Waals surface area contributed by atoms with Crippen molar-refractivity contribution < 1.29 is 9.53 Å². The molecule has 0 radical (unpaired) electrons. The molecule has 2 N–H and O–H groups in total. The monoisotopic (exact) mass is 252 g/mol. The topological polar surface area (TPSA) is 55.6 Å². The zero-order valence-electron chi connectivity index (χ0n) is 11.2. The molecule has 3 rings (SSSR count). The number of nitrogens with two attached hydrogens (primary N) is 1. The summed E-state index contributed by atoms with van der Waals surface area (Å²) in [5.74, 6) is 0.285. The number of hydrogen-bond donors (Lipinski definition) is 1. The van der Waals surface area contributed by atoms with Crippen molar-refractivity contribution in [1.82, 2.24) is 4.90 Å². The third kappa shape index (κ3) is 1.77. The van der Waals surface area contributed by atoms with Crippen LogP contribution in [0.1, 0.15) is 45.4 Å². The molecule has 0 aromatic heterocycles. The largest absolute Gasteiger partial charge is 0.374 e. The Bertz CT molecular complexity index is 347. The summed E-state index contributed by atoms with van der Waals surface area (Å²) in [5, 5.41) is 0. The quantitative estimate of drug-likeness (QED) is 0.765. The predicted molar refractivity (Wildman–Crippen MR) is 69.0 cm³/mol. The minimum absolute atomic E-state index is 0.0349. The van der Waals surface area contributed by atoms with E-state index in [0.29, 0.717) is 12.6 Å². The van der Waals surface area contributed by atoms with Crippen molar-refractivity contribution in [1.29, 1.82) is 0 Å². The minimum atomic E-state index is -0.329. The first-order chi connectivity index (χ1) is 8.63. The van der Waals surface area contributed by atoms with Crippen molar-refractivity contribution in [3.05, 3.63) is 0 Å². The van der Waals surface area contributed by atoms with Crippen molar-refractivity contribution in [2.24, 2.45) is 11.1 Å². The van der Waals surface area contributed by atoms with Gasteiger partial charge in [-0.05, 0) is 39.0 Å². The number of morpholine rings is 1. The normalized spacial score (nSPS) is 44.1. The van der Waals surface area contributed by atoms with E-state index in [1.165, 1.54) is 6.42 Å². The standard InChI is InChI=1S/C14H24N2O2/c1-14(7-3-6-12(14)15)13(17)16-8-9-18-11-5-2-4-10(11)16/h10-12H,2-9,15H2,1H3. The highest BCUT2D eigenvalue weighted by molar-refractivity contribution is 5.84. The summed E-state index contributed by atoms with van der Waals surface area (Å²) in [7, 11) is 0. The molecule has 1 aliphatic heterocycles. The maximum atomic E-state index is 12.9. The maximum Gasteiger partial charge on any atom is 0.230 e. The smallest absolute Gasteiger partial charge is 0.230 e. The molecule has 0 aromatic rings. The lowest BCUT2D eigenvalue weighted by molar-refractivity contribution is -0.154. The third-order valence-electron chi connectivity index (χ3n) is 5.26. The summed E-state index contributed by atoms with van der Waals surface area (Å²) in [6.07, 6.45) is 6.69. The van der Waals surface area contributed by atoms with Gasteiger partial charge in [0.05, 0.1) is 24.2 Å². The van der Waals surface area contributed by atoms with Gasteiger partial charge in [-0.1, -0.05) is 6.42 Å². The highest BCUT2D eigenvalue weighted by Gasteiger charge is 2.48. The van der Waals surface area contributed by atoms with Crippen molar-refractivity contribution in [2.75, 3.05) is 13.2 Å². The third-order valence-corrected chi connectivity index (χ3v) is 5.26. The first-order valence-electron chi connectivity index (χ1n) is 7.31. The number of fused-ring (bicyclic) bond motifs is 1. The van der Waals surface area contributed by atoms with Gasteiger partial charge in [0, 0.05) is 12.6 Å². The van der Waals surface area contributed by atoms with Crippen LogP contribution in [0.15, 0.2) is 0 Å². The first kappa shape index (κ1) is 12.4. The zero-order valence-corrected chi connectivity index (χ0v) is 11.2. The van der Waals surface area contributed by atoms with Crippen molar-refractivity contribution in [3.8, 4) is 0 Å². The molecule has 1 saturated heterocycles. The lowest BCUT2D eigenvalue weighted by Crippen LogP contribution is -2.57. The number of amides is 1. The van der Waals surface area contributed by atoms with Crippen LogP contribution in [0.4, 0.5) is 0 Å². The van der Waals surface area contributed by atoms with Gasteiger partial charge in [-0.15, -0.1) is 0 Å². The van der Waals surface area contributed by atoms with E-state index < -0.39 is 0 Å². The van der Waals surface area contributed by atoms with Crippen LogP contribution in [0.3, 0.4) is 0 Å². The van der Waals surface area contributed by atoms with E-state index in [2.05, 4.69) is 11.8 Å². The molecule has 3 aliphatic rings. The highest BCUT2D eigenvalue weighted by atomic mass is 16.5. The fourth-order valence-corrected chi connectivity index (χ4v) is 3.96. The van der Waals surface area contributed by atoms with E-state index >= 15 is 0 Å². The van der Waals surface area contributed by atoms with E-state index in [0.717, 1.165) is 38.6 Å². The van der Waals surface area contributed by atoms with Crippen LogP contribution < -0.4 is 5.73 Å². The van der Waals surface area contributed by atoms with Crippen LogP contribution in [0, 0.1) is 5.41 Å². The molecular weight excluding hydrogens is 228 g/mol. The Balaban J connectivity index is 1.79. The Hall–Kier alpha value is -0.610. The molecule has 0 bridgehead atoms. The van der Waals surface area contributed by atoms with Gasteiger partial charge < -0.3 is 15.4 Å². The van der Waals surface area contributed by atoms with Gasteiger partial charge in [0.1, 0.15) is 0 Å². The van der Waals surface area contributed by atoms with Crippen LogP contribution in [-0.4, -0.2) is 42.1 Å². The number of nitrogens with zero attached hydrogens (tertiary/aromatic N) is 1. The SMILES string of the molecule is CC1(C(=O)N2CCOC3CCCC32)CCCC1N. The van der Waals surface area contributed by atoms with Gasteiger partial charge in [0.25, 0.3) is 0 Å². The van der Waals surface area contributed by atoms with Gasteiger partial charge in [-0.2, -0.15) is 0 Å².